The Labute approximate surface area is 130 Å². The molecule has 0 fully saturated rings. The van der Waals surface area contributed by atoms with E-state index in [0.717, 1.165) is 20.3 Å². The van der Waals surface area contributed by atoms with E-state index < -0.39 is 7.25 Å². The molecule has 0 unspecified atom stereocenters. The van der Waals surface area contributed by atoms with Crippen LogP contribution in [0.3, 0.4) is 0 Å². The van der Waals surface area contributed by atoms with Crippen LogP contribution >= 0.6 is 31.9 Å². The van der Waals surface area contributed by atoms with Crippen molar-refractivity contribution in [3.05, 3.63) is 57.5 Å². The molecule has 2 aromatic carbocycles. The van der Waals surface area contributed by atoms with Gasteiger partial charge < -0.3 is 17.3 Å². The monoisotopic (exact) mass is 411 g/mol. The second-order valence-electron chi connectivity index (χ2n) is 3.56. The highest BCUT2D eigenvalue weighted by Crippen LogP contribution is 2.21. The van der Waals surface area contributed by atoms with Crippen LogP contribution in [0.2, 0.25) is 0 Å². The van der Waals surface area contributed by atoms with Gasteiger partial charge in [-0.3, -0.25) is 0 Å². The summed E-state index contributed by atoms with van der Waals surface area (Å²) in [6.07, 6.45) is 0. The average Bonchev–Trinajstić information content (AvgIpc) is 2.33. The zero-order valence-corrected chi connectivity index (χ0v) is 13.1. The smallest absolute Gasteiger partial charge is 0.418 e. The number of hydrogen-bond acceptors (Lipinski definition) is 0. The molecule has 0 saturated heterocycles. The van der Waals surface area contributed by atoms with Crippen LogP contribution in [0.15, 0.2) is 57.5 Å². The third-order valence-corrected chi connectivity index (χ3v) is 2.97. The van der Waals surface area contributed by atoms with E-state index in [1.54, 1.807) is 0 Å². The van der Waals surface area contributed by atoms with E-state index in [4.69, 9.17) is 0 Å². The summed E-state index contributed by atoms with van der Waals surface area (Å²) in [5.41, 5.74) is 1.92. The largest absolute Gasteiger partial charge is 0.673 e. The molecule has 0 aliphatic heterocycles. The second kappa shape index (κ2) is 7.80. The van der Waals surface area contributed by atoms with Gasteiger partial charge >= 0.3 is 7.25 Å². The van der Waals surface area contributed by atoms with Crippen molar-refractivity contribution in [2.75, 3.05) is 0 Å². The molecule has 106 valence electrons. The Balaban J connectivity index is 0.000000347. The summed E-state index contributed by atoms with van der Waals surface area (Å²) in [5, 5.41) is 4.48. The van der Waals surface area contributed by atoms with Crippen molar-refractivity contribution in [1.29, 1.82) is 0 Å². The number of rotatable bonds is 2. The first kappa shape index (κ1) is 17.2. The lowest BCUT2D eigenvalue weighted by atomic mass is 10.3. The lowest BCUT2D eigenvalue weighted by Crippen LogP contribution is -2.02. The molecule has 2 rings (SSSR count). The molecule has 2 radical (unpaired) electrons. The quantitative estimate of drug-likeness (QED) is 0.419. The Bertz CT molecular complexity index is 479. The Morgan fingerprint density at radius 3 is 1.15 bits per heavy atom. The minimum atomic E-state index is -6.00. The molecule has 0 heterocycles. The normalized spacial score (nSPS) is 10.7. The van der Waals surface area contributed by atoms with Crippen LogP contribution in [-0.2, 0) is 0 Å². The lowest BCUT2D eigenvalue weighted by Gasteiger charge is -1.94. The fourth-order valence-electron chi connectivity index (χ4n) is 1.18. The summed E-state index contributed by atoms with van der Waals surface area (Å²) < 4.78 is 41.1. The maximum absolute atomic E-state index is 9.75. The van der Waals surface area contributed by atoms with Crippen LogP contribution in [0.25, 0.3) is 0 Å². The molecule has 8 heteroatoms. The predicted molar refractivity (Wildman–Crippen MR) is 79.9 cm³/mol. The van der Waals surface area contributed by atoms with Gasteiger partial charge in [0.25, 0.3) is 11.4 Å². The first-order chi connectivity index (χ1) is 9.24. The van der Waals surface area contributed by atoms with E-state index in [-0.39, 0.29) is 0 Å². The average molecular weight is 413 g/mol. The number of nitrogens with zero attached hydrogens (tertiary/aromatic N) is 1. The highest BCUT2D eigenvalue weighted by atomic mass is 79.9. The van der Waals surface area contributed by atoms with Gasteiger partial charge in [0.1, 0.15) is 5.32 Å². The van der Waals surface area contributed by atoms with Gasteiger partial charge in [0.15, 0.2) is 0 Å². The molecular weight excluding hydrogens is 405 g/mol. The number of halogens is 6. The minimum Gasteiger partial charge on any atom is -0.418 e. The summed E-state index contributed by atoms with van der Waals surface area (Å²) in [6, 6.07) is 15.8. The van der Waals surface area contributed by atoms with Crippen molar-refractivity contribution in [3.63, 3.8) is 0 Å². The summed E-state index contributed by atoms with van der Waals surface area (Å²) in [7, 11) is -6.00. The molecule has 1 nitrogen and oxygen atoms in total. The topological polar surface area (TPSA) is 14.1 Å². The van der Waals surface area contributed by atoms with Gasteiger partial charge in [0.2, 0.25) is 0 Å². The number of benzene rings is 2. The van der Waals surface area contributed by atoms with Gasteiger partial charge in [-0.25, -0.2) is 0 Å². The predicted octanol–water partition coefficient (Wildman–Crippen LogP) is 6.08. The van der Waals surface area contributed by atoms with Crippen LogP contribution in [0.1, 0.15) is 0 Å². The van der Waals surface area contributed by atoms with Crippen LogP contribution in [-0.4, -0.2) is 7.25 Å². The summed E-state index contributed by atoms with van der Waals surface area (Å²) >= 11 is 6.79. The third-order valence-electron chi connectivity index (χ3n) is 1.91. The fourth-order valence-corrected chi connectivity index (χ4v) is 1.71. The fraction of sp³-hybridized carbons (Fsp3) is 0. The molecule has 0 bridgehead atoms. The molecule has 0 aliphatic carbocycles. The zero-order chi connectivity index (χ0) is 15.2. The van der Waals surface area contributed by atoms with Crippen LogP contribution in [0, 0.1) is 0 Å². The van der Waals surface area contributed by atoms with E-state index in [2.05, 4.69) is 37.2 Å². The van der Waals surface area contributed by atoms with E-state index in [1.165, 1.54) is 0 Å². The van der Waals surface area contributed by atoms with Crippen LogP contribution in [0.5, 0.6) is 0 Å². The van der Waals surface area contributed by atoms with Crippen molar-refractivity contribution >= 4 is 50.5 Å². The Hall–Kier alpha value is -0.855. The van der Waals surface area contributed by atoms with E-state index in [1.807, 2.05) is 48.5 Å². The van der Waals surface area contributed by atoms with Crippen LogP contribution in [0.4, 0.5) is 28.6 Å². The molecule has 0 atom stereocenters. The molecule has 20 heavy (non-hydrogen) atoms. The zero-order valence-electron chi connectivity index (χ0n) is 9.91. The van der Waals surface area contributed by atoms with Gasteiger partial charge in [-0.15, -0.1) is 0 Å². The highest BCUT2D eigenvalue weighted by molar-refractivity contribution is 9.10. The minimum absolute atomic E-state index is 0.959. The SMILES string of the molecule is Brc1ccc([N+]c2ccc(Br)cc2)cc1.F[B-](F)(F)F. The maximum atomic E-state index is 9.75. The Morgan fingerprint density at radius 1 is 0.650 bits per heavy atom. The van der Waals surface area contributed by atoms with Crippen molar-refractivity contribution in [2.45, 2.75) is 0 Å². The lowest BCUT2D eigenvalue weighted by molar-refractivity contribution is 0.368. The molecule has 0 saturated carbocycles. The van der Waals surface area contributed by atoms with Gasteiger partial charge in [0.05, 0.1) is 0 Å². The van der Waals surface area contributed by atoms with E-state index >= 15 is 0 Å². The Morgan fingerprint density at radius 2 is 0.900 bits per heavy atom. The highest BCUT2D eigenvalue weighted by Gasteiger charge is 2.20. The van der Waals surface area contributed by atoms with Gasteiger partial charge in [-0.2, -0.15) is 0 Å². The van der Waals surface area contributed by atoms with Gasteiger partial charge in [-0.05, 0) is 24.3 Å². The van der Waals surface area contributed by atoms with E-state index in [9.17, 15) is 17.3 Å². The molecule has 0 N–H and O–H groups in total. The molecule has 0 aliphatic rings. The van der Waals surface area contributed by atoms with Gasteiger partial charge in [0, 0.05) is 33.2 Å². The second-order valence-corrected chi connectivity index (χ2v) is 5.39. The van der Waals surface area contributed by atoms with Gasteiger partial charge in [-0.1, -0.05) is 31.9 Å². The molecular formula is C12H8BBr2F4N. The number of hydrogen-bond donors (Lipinski definition) is 0. The first-order valence-corrected chi connectivity index (χ1v) is 6.93. The summed E-state index contributed by atoms with van der Waals surface area (Å²) in [4.78, 5) is 0. The maximum Gasteiger partial charge on any atom is 0.673 e. The van der Waals surface area contributed by atoms with Crippen LogP contribution < -0.4 is 5.32 Å². The van der Waals surface area contributed by atoms with Crippen molar-refractivity contribution < 1.29 is 17.3 Å². The molecule has 0 spiro atoms. The molecule has 0 amide bonds. The molecule has 2 aromatic rings. The van der Waals surface area contributed by atoms with Crippen molar-refractivity contribution in [3.8, 4) is 0 Å². The summed E-state index contributed by atoms with van der Waals surface area (Å²) in [5.74, 6) is 0. The summed E-state index contributed by atoms with van der Waals surface area (Å²) in [6.45, 7) is 0. The standard InChI is InChI=1S/C12H8Br2N.BF4/c13-9-1-5-11(6-2-9)15-12-7-3-10(14)4-8-12;2-1(3,4)5/h1-8H;/q+1;-1. The van der Waals surface area contributed by atoms with E-state index in [0.29, 0.717) is 0 Å². The Kier molecular flexibility index (Phi) is 6.71. The van der Waals surface area contributed by atoms with Crippen molar-refractivity contribution in [2.24, 2.45) is 0 Å². The third kappa shape index (κ3) is 8.34. The molecule has 0 aromatic heterocycles. The van der Waals surface area contributed by atoms with Crippen molar-refractivity contribution in [1.82, 2.24) is 5.32 Å². The first-order valence-electron chi connectivity index (χ1n) is 5.34.